The third kappa shape index (κ3) is 3.00. The topological polar surface area (TPSA) is 67.2 Å². The first-order chi connectivity index (χ1) is 12.6. The van der Waals surface area contributed by atoms with Crippen LogP contribution >= 0.6 is 0 Å². The zero-order valence-corrected chi connectivity index (χ0v) is 15.0. The Hall–Kier alpha value is -2.63. The SMILES string of the molecule is Cn1ccc(C(=O)N[C@@H]2CCC23CCN(C(=O)c2cccnc2)CC3)c1. The highest BCUT2D eigenvalue weighted by Gasteiger charge is 2.49. The lowest BCUT2D eigenvalue weighted by molar-refractivity contribution is -0.00232. The van der Waals surface area contributed by atoms with Crippen LogP contribution in [-0.2, 0) is 7.05 Å². The van der Waals surface area contributed by atoms with Crippen LogP contribution < -0.4 is 5.32 Å². The lowest BCUT2D eigenvalue weighted by Crippen LogP contribution is -2.59. The van der Waals surface area contributed by atoms with Crippen LogP contribution in [0.25, 0.3) is 0 Å². The number of aryl methyl sites for hydroxylation is 1. The number of carbonyl (C=O) groups excluding carboxylic acids is 2. The summed E-state index contributed by atoms with van der Waals surface area (Å²) in [7, 11) is 1.91. The van der Waals surface area contributed by atoms with Gasteiger partial charge in [-0.3, -0.25) is 14.6 Å². The first kappa shape index (κ1) is 16.8. The monoisotopic (exact) mass is 352 g/mol. The van der Waals surface area contributed by atoms with Crippen molar-refractivity contribution in [1.82, 2.24) is 19.8 Å². The van der Waals surface area contributed by atoms with E-state index in [2.05, 4.69) is 10.3 Å². The number of hydrogen-bond donors (Lipinski definition) is 1. The largest absolute Gasteiger partial charge is 0.356 e. The standard InChI is InChI=1S/C20H24N4O2/c1-23-10-5-16(14-23)18(25)22-17-4-6-20(17)7-11-24(12-8-20)19(26)15-3-2-9-21-13-15/h2-3,5,9-10,13-14,17H,4,6-8,11-12H2,1H3,(H,22,25)/t17-/m1/s1. The minimum Gasteiger partial charge on any atom is -0.356 e. The van der Waals surface area contributed by atoms with Gasteiger partial charge < -0.3 is 14.8 Å². The quantitative estimate of drug-likeness (QED) is 0.921. The Balaban J connectivity index is 1.36. The molecule has 2 aromatic rings. The molecule has 26 heavy (non-hydrogen) atoms. The molecular formula is C20H24N4O2. The van der Waals surface area contributed by atoms with Gasteiger partial charge in [-0.1, -0.05) is 0 Å². The predicted molar refractivity (Wildman–Crippen MR) is 97.7 cm³/mol. The van der Waals surface area contributed by atoms with Crippen LogP contribution in [0.2, 0.25) is 0 Å². The summed E-state index contributed by atoms with van der Waals surface area (Å²) < 4.78 is 1.88. The van der Waals surface area contributed by atoms with Crippen LogP contribution in [0, 0.1) is 5.41 Å². The maximum atomic E-state index is 12.6. The number of nitrogens with one attached hydrogen (secondary N) is 1. The van der Waals surface area contributed by atoms with Gasteiger partial charge in [0.15, 0.2) is 0 Å². The number of aromatic nitrogens is 2. The number of piperidine rings is 1. The average Bonchev–Trinajstić information content (AvgIpc) is 3.12. The van der Waals surface area contributed by atoms with Crippen molar-refractivity contribution in [2.24, 2.45) is 12.5 Å². The van der Waals surface area contributed by atoms with E-state index >= 15 is 0 Å². The Morgan fingerprint density at radius 3 is 2.58 bits per heavy atom. The summed E-state index contributed by atoms with van der Waals surface area (Å²) in [4.78, 5) is 31.0. The molecule has 6 nitrogen and oxygen atoms in total. The second-order valence-electron chi connectivity index (χ2n) is 7.53. The average molecular weight is 352 g/mol. The highest BCUT2D eigenvalue weighted by Crippen LogP contribution is 2.49. The van der Waals surface area contributed by atoms with Gasteiger partial charge in [0, 0.05) is 51.0 Å². The van der Waals surface area contributed by atoms with E-state index in [1.54, 1.807) is 18.5 Å². The normalized spacial score (nSPS) is 21.3. The number of carbonyl (C=O) groups is 2. The van der Waals surface area contributed by atoms with Gasteiger partial charge in [0.05, 0.1) is 11.1 Å². The number of hydrogen-bond acceptors (Lipinski definition) is 3. The van der Waals surface area contributed by atoms with E-state index in [4.69, 9.17) is 0 Å². The van der Waals surface area contributed by atoms with Crippen molar-refractivity contribution < 1.29 is 9.59 Å². The van der Waals surface area contributed by atoms with E-state index in [1.165, 1.54) is 0 Å². The molecule has 0 aromatic carbocycles. The third-order valence-electron chi connectivity index (χ3n) is 6.02. The predicted octanol–water partition coefficient (Wildman–Crippen LogP) is 2.23. The molecule has 136 valence electrons. The zero-order chi connectivity index (χ0) is 18.1. The number of rotatable bonds is 3. The van der Waals surface area contributed by atoms with E-state index < -0.39 is 0 Å². The molecule has 0 radical (unpaired) electrons. The van der Waals surface area contributed by atoms with Crippen molar-refractivity contribution in [2.75, 3.05) is 13.1 Å². The molecule has 1 spiro atoms. The van der Waals surface area contributed by atoms with E-state index in [0.29, 0.717) is 11.1 Å². The van der Waals surface area contributed by atoms with E-state index in [1.807, 2.05) is 41.0 Å². The highest BCUT2D eigenvalue weighted by atomic mass is 16.2. The number of pyridine rings is 1. The molecule has 3 heterocycles. The van der Waals surface area contributed by atoms with Crippen LogP contribution in [0.1, 0.15) is 46.4 Å². The molecule has 0 unspecified atom stereocenters. The molecule has 2 amide bonds. The maximum Gasteiger partial charge on any atom is 0.255 e. The summed E-state index contributed by atoms with van der Waals surface area (Å²) in [6.45, 7) is 1.48. The van der Waals surface area contributed by atoms with Crippen LogP contribution in [-0.4, -0.2) is 45.4 Å². The van der Waals surface area contributed by atoms with Crippen molar-refractivity contribution in [1.29, 1.82) is 0 Å². The van der Waals surface area contributed by atoms with Gasteiger partial charge in [-0.15, -0.1) is 0 Å². The molecule has 2 fully saturated rings. The second kappa shape index (κ2) is 6.59. The molecular weight excluding hydrogens is 328 g/mol. The van der Waals surface area contributed by atoms with Crippen molar-refractivity contribution >= 4 is 11.8 Å². The molecule has 0 bridgehead atoms. The lowest BCUT2D eigenvalue weighted by atomic mass is 9.59. The number of likely N-dealkylation sites (tertiary alicyclic amines) is 1. The summed E-state index contributed by atoms with van der Waals surface area (Å²) >= 11 is 0. The van der Waals surface area contributed by atoms with Crippen LogP contribution in [0.3, 0.4) is 0 Å². The number of amides is 2. The fraction of sp³-hybridized carbons (Fsp3) is 0.450. The second-order valence-corrected chi connectivity index (χ2v) is 7.53. The zero-order valence-electron chi connectivity index (χ0n) is 15.0. The Labute approximate surface area is 153 Å². The van der Waals surface area contributed by atoms with Gasteiger partial charge in [-0.05, 0) is 49.3 Å². The molecule has 1 saturated heterocycles. The van der Waals surface area contributed by atoms with Crippen molar-refractivity contribution in [3.8, 4) is 0 Å². The van der Waals surface area contributed by atoms with Gasteiger partial charge in [0.25, 0.3) is 11.8 Å². The summed E-state index contributed by atoms with van der Waals surface area (Å²) in [5.41, 5.74) is 1.50. The lowest BCUT2D eigenvalue weighted by Gasteiger charge is -2.54. The van der Waals surface area contributed by atoms with E-state index in [9.17, 15) is 9.59 Å². The van der Waals surface area contributed by atoms with Gasteiger partial charge in [-0.25, -0.2) is 0 Å². The minimum atomic E-state index is 0.00328. The van der Waals surface area contributed by atoms with Gasteiger partial charge in [0.2, 0.25) is 0 Å². The summed E-state index contributed by atoms with van der Waals surface area (Å²) in [5, 5.41) is 3.22. The van der Waals surface area contributed by atoms with Gasteiger partial charge >= 0.3 is 0 Å². The van der Waals surface area contributed by atoms with Crippen LogP contribution in [0.15, 0.2) is 43.0 Å². The molecule has 1 aliphatic heterocycles. The molecule has 2 aromatic heterocycles. The van der Waals surface area contributed by atoms with Crippen LogP contribution in [0.5, 0.6) is 0 Å². The fourth-order valence-corrected chi connectivity index (χ4v) is 4.23. The molecule has 1 N–H and O–H groups in total. The summed E-state index contributed by atoms with van der Waals surface area (Å²) in [6, 6.07) is 5.66. The fourth-order valence-electron chi connectivity index (χ4n) is 4.23. The van der Waals surface area contributed by atoms with Gasteiger partial charge in [-0.2, -0.15) is 0 Å². The molecule has 6 heteroatoms. The van der Waals surface area contributed by atoms with Crippen molar-refractivity contribution in [3.05, 3.63) is 54.1 Å². The Morgan fingerprint density at radius 1 is 1.19 bits per heavy atom. The molecule has 1 atom stereocenters. The molecule has 2 aliphatic rings. The molecule has 1 saturated carbocycles. The summed E-state index contributed by atoms with van der Waals surface area (Å²) in [6.07, 6.45) is 11.1. The number of nitrogens with zero attached hydrogens (tertiary/aromatic N) is 3. The first-order valence-electron chi connectivity index (χ1n) is 9.20. The first-order valence-corrected chi connectivity index (χ1v) is 9.20. The van der Waals surface area contributed by atoms with E-state index in [-0.39, 0.29) is 23.3 Å². The minimum absolute atomic E-state index is 0.00328. The third-order valence-corrected chi connectivity index (χ3v) is 6.02. The maximum absolute atomic E-state index is 12.6. The highest BCUT2D eigenvalue weighted by molar-refractivity contribution is 5.94. The Morgan fingerprint density at radius 2 is 2.00 bits per heavy atom. The van der Waals surface area contributed by atoms with Gasteiger partial charge in [0.1, 0.15) is 0 Å². The molecule has 4 rings (SSSR count). The smallest absolute Gasteiger partial charge is 0.255 e. The Bertz CT molecular complexity index is 806. The summed E-state index contributed by atoms with van der Waals surface area (Å²) in [5.74, 6) is 0.0562. The van der Waals surface area contributed by atoms with E-state index in [0.717, 1.165) is 38.8 Å². The molecule has 1 aliphatic carbocycles. The van der Waals surface area contributed by atoms with Crippen molar-refractivity contribution in [3.63, 3.8) is 0 Å². The van der Waals surface area contributed by atoms with Crippen LogP contribution in [0.4, 0.5) is 0 Å². The van der Waals surface area contributed by atoms with Crippen molar-refractivity contribution in [2.45, 2.75) is 31.7 Å². The Kier molecular flexibility index (Phi) is 4.26.